The highest BCUT2D eigenvalue weighted by Gasteiger charge is 2.58. The van der Waals surface area contributed by atoms with Crippen molar-refractivity contribution in [1.82, 2.24) is 0 Å². The van der Waals surface area contributed by atoms with Crippen LogP contribution in [-0.4, -0.2) is 105 Å². The molecule has 0 saturated carbocycles. The minimum atomic E-state index is -2.10. The molecule has 136 valence electrons. The summed E-state index contributed by atoms with van der Waals surface area (Å²) in [6.45, 7) is -1.20. The second-order valence-corrected chi connectivity index (χ2v) is 5.67. The van der Waals surface area contributed by atoms with E-state index in [9.17, 15) is 30.6 Å². The normalized spacial score (nSPS) is 51.1. The van der Waals surface area contributed by atoms with E-state index < -0.39 is 61.4 Å². The van der Waals surface area contributed by atoms with Crippen molar-refractivity contribution in [2.24, 2.45) is 11.5 Å². The van der Waals surface area contributed by atoms with Gasteiger partial charge in [0, 0.05) is 13.1 Å². The average molecular weight is 340 g/mol. The molecule has 0 bridgehead atoms. The van der Waals surface area contributed by atoms with Crippen LogP contribution in [-0.2, 0) is 14.2 Å². The molecular formula is C12H24N2O9. The Kier molecular flexibility index (Phi) is 5.92. The van der Waals surface area contributed by atoms with E-state index in [1.807, 2.05) is 0 Å². The number of hydrogen-bond donors (Lipinski definition) is 8. The quantitative estimate of drug-likeness (QED) is 0.237. The maximum Gasteiger partial charge on any atom is 0.224 e. The van der Waals surface area contributed by atoms with Gasteiger partial charge in [-0.3, -0.25) is 0 Å². The second-order valence-electron chi connectivity index (χ2n) is 5.67. The van der Waals surface area contributed by atoms with E-state index in [2.05, 4.69) is 0 Å². The summed E-state index contributed by atoms with van der Waals surface area (Å²) in [7, 11) is 0. The molecule has 0 aliphatic carbocycles. The summed E-state index contributed by atoms with van der Waals surface area (Å²) < 4.78 is 15.9. The van der Waals surface area contributed by atoms with Crippen molar-refractivity contribution >= 4 is 0 Å². The van der Waals surface area contributed by atoms with Gasteiger partial charge in [-0.05, 0) is 0 Å². The Morgan fingerprint density at radius 1 is 0.870 bits per heavy atom. The van der Waals surface area contributed by atoms with E-state index in [0.29, 0.717) is 0 Å². The van der Waals surface area contributed by atoms with Crippen LogP contribution in [0.25, 0.3) is 0 Å². The van der Waals surface area contributed by atoms with Crippen LogP contribution in [0.5, 0.6) is 0 Å². The lowest BCUT2D eigenvalue weighted by molar-refractivity contribution is -0.380. The lowest BCUT2D eigenvalue weighted by Crippen LogP contribution is -2.63. The van der Waals surface area contributed by atoms with E-state index in [0.717, 1.165) is 0 Å². The highest BCUT2D eigenvalue weighted by Crippen LogP contribution is 2.35. The van der Waals surface area contributed by atoms with Crippen LogP contribution in [0.3, 0.4) is 0 Å². The third-order valence-corrected chi connectivity index (χ3v) is 4.18. The molecule has 2 aliphatic heterocycles. The number of aliphatic hydroxyl groups is 6. The predicted molar refractivity (Wildman–Crippen MR) is 72.6 cm³/mol. The summed E-state index contributed by atoms with van der Waals surface area (Å²) in [6, 6.07) is 0. The molecule has 3 unspecified atom stereocenters. The zero-order chi connectivity index (χ0) is 17.4. The first-order valence-corrected chi connectivity index (χ1v) is 7.23. The molecule has 11 nitrogen and oxygen atoms in total. The lowest BCUT2D eigenvalue weighted by atomic mass is 9.98. The van der Waals surface area contributed by atoms with Gasteiger partial charge in [-0.2, -0.15) is 0 Å². The third kappa shape index (κ3) is 3.23. The molecule has 0 aromatic rings. The minimum Gasteiger partial charge on any atom is -0.391 e. The molecule has 0 aromatic heterocycles. The van der Waals surface area contributed by atoms with Crippen molar-refractivity contribution in [2.75, 3.05) is 19.7 Å². The summed E-state index contributed by atoms with van der Waals surface area (Å²) in [5.74, 6) is -2.10. The molecule has 9 atom stereocenters. The van der Waals surface area contributed by atoms with Crippen LogP contribution in [0.2, 0.25) is 0 Å². The van der Waals surface area contributed by atoms with E-state index >= 15 is 0 Å². The van der Waals surface area contributed by atoms with Crippen molar-refractivity contribution in [1.29, 1.82) is 0 Å². The minimum absolute atomic E-state index is 0.149. The van der Waals surface area contributed by atoms with Gasteiger partial charge in [0.2, 0.25) is 5.79 Å². The average Bonchev–Trinajstić information content (AvgIpc) is 2.80. The number of aliphatic hydroxyl groups excluding tert-OH is 6. The van der Waals surface area contributed by atoms with Gasteiger partial charge in [0.05, 0.1) is 0 Å². The Hall–Kier alpha value is -0.440. The Morgan fingerprint density at radius 3 is 1.96 bits per heavy atom. The van der Waals surface area contributed by atoms with E-state index in [1.54, 1.807) is 0 Å². The molecule has 0 amide bonds. The maximum atomic E-state index is 10.1. The Bertz CT molecular complexity index is 401. The number of rotatable bonds is 5. The van der Waals surface area contributed by atoms with Crippen LogP contribution in [0.1, 0.15) is 0 Å². The molecule has 0 radical (unpaired) electrons. The summed E-state index contributed by atoms with van der Waals surface area (Å²) in [4.78, 5) is 0. The smallest absolute Gasteiger partial charge is 0.224 e. The van der Waals surface area contributed by atoms with Gasteiger partial charge in [0.15, 0.2) is 6.29 Å². The number of ether oxygens (including phenoxy) is 3. The number of hydrogen-bond acceptors (Lipinski definition) is 11. The molecule has 0 spiro atoms. The SMILES string of the molecule is NCC1O[C@@H](O[C@]2(CO)O[C@H](CN)C(O)[C@H]2O)C(O)[C@@H](O)[C@@H]1O. The van der Waals surface area contributed by atoms with Crippen LogP contribution in [0.15, 0.2) is 0 Å². The summed E-state index contributed by atoms with van der Waals surface area (Å²) in [6.07, 6.45) is -11.4. The Balaban J connectivity index is 2.18. The molecule has 2 fully saturated rings. The van der Waals surface area contributed by atoms with E-state index in [-0.39, 0.29) is 13.1 Å². The zero-order valence-electron chi connectivity index (χ0n) is 12.3. The van der Waals surface area contributed by atoms with Gasteiger partial charge in [-0.1, -0.05) is 0 Å². The summed E-state index contributed by atoms with van der Waals surface area (Å²) in [5.41, 5.74) is 10.8. The predicted octanol–water partition coefficient (Wildman–Crippen LogP) is -5.46. The largest absolute Gasteiger partial charge is 0.391 e. The van der Waals surface area contributed by atoms with Crippen molar-refractivity contribution in [3.05, 3.63) is 0 Å². The summed E-state index contributed by atoms with van der Waals surface area (Å²) >= 11 is 0. The van der Waals surface area contributed by atoms with E-state index in [4.69, 9.17) is 25.7 Å². The van der Waals surface area contributed by atoms with Gasteiger partial charge in [-0.25, -0.2) is 0 Å². The van der Waals surface area contributed by atoms with Gasteiger partial charge in [0.1, 0.15) is 49.3 Å². The van der Waals surface area contributed by atoms with Gasteiger partial charge < -0.3 is 56.3 Å². The fourth-order valence-electron chi connectivity index (χ4n) is 2.72. The van der Waals surface area contributed by atoms with Crippen molar-refractivity contribution in [3.63, 3.8) is 0 Å². The van der Waals surface area contributed by atoms with Crippen LogP contribution in [0.4, 0.5) is 0 Å². The standard InChI is InChI=1S/C12H24N2O9/c13-1-4-6(16)8(18)9(19)11(21-4)23-12(3-15)10(20)7(17)5(2-14)22-12/h4-11,15-20H,1-3,13-14H2/t4?,5-,6-,7?,8+,9?,10-,11+,12+/m1/s1. The monoisotopic (exact) mass is 340 g/mol. The van der Waals surface area contributed by atoms with E-state index in [1.165, 1.54) is 0 Å². The fraction of sp³-hybridized carbons (Fsp3) is 1.00. The second kappa shape index (κ2) is 7.21. The molecule has 11 heteroatoms. The Morgan fingerprint density at radius 2 is 1.48 bits per heavy atom. The first-order chi connectivity index (χ1) is 10.8. The van der Waals surface area contributed by atoms with Crippen LogP contribution < -0.4 is 11.5 Å². The topological polar surface area (TPSA) is 201 Å². The molecule has 10 N–H and O–H groups in total. The highest BCUT2D eigenvalue weighted by molar-refractivity contribution is 4.98. The molecule has 2 aliphatic rings. The molecule has 2 rings (SSSR count). The molecule has 0 aromatic carbocycles. The zero-order valence-corrected chi connectivity index (χ0v) is 12.3. The highest BCUT2D eigenvalue weighted by atomic mass is 16.8. The van der Waals surface area contributed by atoms with Gasteiger partial charge >= 0.3 is 0 Å². The van der Waals surface area contributed by atoms with Crippen LogP contribution in [0, 0.1) is 0 Å². The van der Waals surface area contributed by atoms with Gasteiger partial charge in [0.25, 0.3) is 0 Å². The number of nitrogens with two attached hydrogens (primary N) is 2. The van der Waals surface area contributed by atoms with Crippen molar-refractivity contribution in [2.45, 2.75) is 54.8 Å². The Labute approximate surface area is 132 Å². The fourth-order valence-corrected chi connectivity index (χ4v) is 2.72. The van der Waals surface area contributed by atoms with Crippen molar-refractivity contribution in [3.8, 4) is 0 Å². The van der Waals surface area contributed by atoms with Crippen LogP contribution >= 0.6 is 0 Å². The first kappa shape index (κ1) is 18.9. The molecular weight excluding hydrogens is 316 g/mol. The third-order valence-electron chi connectivity index (χ3n) is 4.18. The maximum absolute atomic E-state index is 10.1. The van der Waals surface area contributed by atoms with Gasteiger partial charge in [-0.15, -0.1) is 0 Å². The lowest BCUT2D eigenvalue weighted by Gasteiger charge is -2.43. The first-order valence-electron chi connectivity index (χ1n) is 7.23. The van der Waals surface area contributed by atoms with Crippen molar-refractivity contribution < 1.29 is 44.8 Å². The molecule has 23 heavy (non-hydrogen) atoms. The molecule has 2 heterocycles. The molecule has 2 saturated heterocycles. The summed E-state index contributed by atoms with van der Waals surface area (Å²) in [5, 5.41) is 59.0.